The first-order valence-electron chi connectivity index (χ1n) is 7.18. The third kappa shape index (κ3) is 4.87. The molecule has 0 amide bonds. The van der Waals surface area contributed by atoms with Crippen LogP contribution in [0.25, 0.3) is 0 Å². The summed E-state index contributed by atoms with van der Waals surface area (Å²) in [4.78, 5) is 12.1. The van der Waals surface area contributed by atoms with Gasteiger partial charge >= 0.3 is 0 Å². The maximum absolute atomic E-state index is 12.1. The van der Waals surface area contributed by atoms with Crippen LogP contribution in [-0.2, 0) is 4.79 Å². The second-order valence-electron chi connectivity index (χ2n) is 5.05. The summed E-state index contributed by atoms with van der Waals surface area (Å²) in [6.45, 7) is 4.13. The number of carbonyl (C=O) groups excluding carboxylic acids is 1. The summed E-state index contributed by atoms with van der Waals surface area (Å²) in [7, 11) is 0. The number of carbonyl (C=O) groups is 1. The van der Waals surface area contributed by atoms with Crippen molar-refractivity contribution in [1.29, 1.82) is 5.26 Å². The fourth-order valence-corrected chi connectivity index (χ4v) is 2.27. The molecule has 0 saturated carbocycles. The minimum absolute atomic E-state index is 0.0632. The lowest BCUT2D eigenvalue weighted by molar-refractivity contribution is -0.119. The summed E-state index contributed by atoms with van der Waals surface area (Å²) in [5.41, 5.74) is 1.89. The summed E-state index contributed by atoms with van der Waals surface area (Å²) in [6, 6.07) is 9.82. The monoisotopic (exact) mass is 257 g/mol. The lowest BCUT2D eigenvalue weighted by Crippen LogP contribution is -2.11. The van der Waals surface area contributed by atoms with Crippen molar-refractivity contribution < 1.29 is 4.79 Å². The number of hydrogen-bond donors (Lipinski definition) is 0. The Balaban J connectivity index is 2.54. The van der Waals surface area contributed by atoms with E-state index in [1.165, 1.54) is 19.3 Å². The zero-order valence-electron chi connectivity index (χ0n) is 12.0. The van der Waals surface area contributed by atoms with Crippen molar-refractivity contribution in [2.24, 2.45) is 0 Å². The van der Waals surface area contributed by atoms with Crippen molar-refractivity contribution in [3.05, 3.63) is 35.4 Å². The van der Waals surface area contributed by atoms with Gasteiger partial charge in [0.1, 0.15) is 5.92 Å². The van der Waals surface area contributed by atoms with Crippen LogP contribution in [0.1, 0.15) is 62.5 Å². The molecule has 0 aliphatic carbocycles. The molecule has 0 aliphatic rings. The molecule has 1 aromatic carbocycles. The molecule has 0 N–H and O–H groups in total. The number of unbranched alkanes of at least 4 members (excludes halogenated alkanes) is 4. The van der Waals surface area contributed by atoms with Crippen molar-refractivity contribution in [2.45, 2.75) is 58.3 Å². The van der Waals surface area contributed by atoms with Gasteiger partial charge in [0.2, 0.25) is 0 Å². The van der Waals surface area contributed by atoms with Crippen LogP contribution in [-0.4, -0.2) is 5.78 Å². The first-order chi connectivity index (χ1) is 9.20. The second-order valence-corrected chi connectivity index (χ2v) is 5.05. The Hall–Kier alpha value is -1.62. The normalized spacial score (nSPS) is 11.8. The summed E-state index contributed by atoms with van der Waals surface area (Å²) in [5.74, 6) is -0.527. The maximum Gasteiger partial charge on any atom is 0.154 e. The molecule has 1 unspecified atom stereocenters. The highest BCUT2D eigenvalue weighted by molar-refractivity contribution is 5.88. The zero-order valence-corrected chi connectivity index (χ0v) is 12.0. The van der Waals surface area contributed by atoms with E-state index in [2.05, 4.69) is 13.0 Å². The van der Waals surface area contributed by atoms with Gasteiger partial charge in [-0.2, -0.15) is 5.26 Å². The Morgan fingerprint density at radius 2 is 1.89 bits per heavy atom. The number of nitriles is 1. The van der Waals surface area contributed by atoms with E-state index in [1.807, 2.05) is 31.2 Å². The van der Waals surface area contributed by atoms with Gasteiger partial charge in [-0.25, -0.2) is 0 Å². The van der Waals surface area contributed by atoms with Crippen LogP contribution < -0.4 is 0 Å². The zero-order chi connectivity index (χ0) is 14.1. The van der Waals surface area contributed by atoms with Gasteiger partial charge in [-0.3, -0.25) is 4.79 Å². The van der Waals surface area contributed by atoms with E-state index in [-0.39, 0.29) is 5.78 Å². The number of aryl methyl sites for hydroxylation is 1. The fourth-order valence-electron chi connectivity index (χ4n) is 2.27. The molecule has 0 radical (unpaired) electrons. The predicted octanol–water partition coefficient (Wildman–Crippen LogP) is 4.53. The molecule has 2 nitrogen and oxygen atoms in total. The predicted molar refractivity (Wildman–Crippen MR) is 77.9 cm³/mol. The Kier molecular flexibility index (Phi) is 6.89. The third-order valence-corrected chi connectivity index (χ3v) is 3.48. The van der Waals surface area contributed by atoms with Gasteiger partial charge in [-0.05, 0) is 24.5 Å². The molecule has 1 atom stereocenters. The molecular weight excluding hydrogens is 234 g/mol. The Labute approximate surface area is 116 Å². The molecule has 19 heavy (non-hydrogen) atoms. The van der Waals surface area contributed by atoms with Gasteiger partial charge in [0.25, 0.3) is 0 Å². The van der Waals surface area contributed by atoms with Crippen LogP contribution in [0.15, 0.2) is 24.3 Å². The van der Waals surface area contributed by atoms with Crippen LogP contribution in [0.4, 0.5) is 0 Å². The Morgan fingerprint density at radius 3 is 2.53 bits per heavy atom. The number of hydrogen-bond acceptors (Lipinski definition) is 2. The van der Waals surface area contributed by atoms with E-state index in [4.69, 9.17) is 0 Å². The van der Waals surface area contributed by atoms with Crippen LogP contribution >= 0.6 is 0 Å². The third-order valence-electron chi connectivity index (χ3n) is 3.48. The van der Waals surface area contributed by atoms with Gasteiger partial charge in [-0.1, -0.05) is 56.9 Å². The second kappa shape index (κ2) is 8.48. The molecule has 1 rings (SSSR count). The number of ketones is 1. The summed E-state index contributed by atoms with van der Waals surface area (Å²) < 4.78 is 0. The lowest BCUT2D eigenvalue weighted by Gasteiger charge is -2.11. The SMILES string of the molecule is CCCCCCCC(=O)C(C#N)c1ccccc1C. The van der Waals surface area contributed by atoms with Gasteiger partial charge in [0.15, 0.2) is 5.78 Å². The van der Waals surface area contributed by atoms with Crippen molar-refractivity contribution in [3.8, 4) is 6.07 Å². The Morgan fingerprint density at radius 1 is 1.21 bits per heavy atom. The van der Waals surface area contributed by atoms with E-state index in [0.29, 0.717) is 6.42 Å². The molecule has 0 aromatic heterocycles. The number of rotatable bonds is 8. The highest BCUT2D eigenvalue weighted by Gasteiger charge is 2.20. The topological polar surface area (TPSA) is 40.9 Å². The average molecular weight is 257 g/mol. The molecule has 0 saturated heterocycles. The number of nitrogens with zero attached hydrogens (tertiary/aromatic N) is 1. The van der Waals surface area contributed by atoms with Crippen molar-refractivity contribution >= 4 is 5.78 Å². The molecule has 0 bridgehead atoms. The highest BCUT2D eigenvalue weighted by atomic mass is 16.1. The van der Waals surface area contributed by atoms with Gasteiger partial charge in [0, 0.05) is 6.42 Å². The summed E-state index contributed by atoms with van der Waals surface area (Å²) in [6.07, 6.45) is 6.14. The van der Waals surface area contributed by atoms with Crippen LogP contribution in [0, 0.1) is 18.3 Å². The van der Waals surface area contributed by atoms with E-state index >= 15 is 0 Å². The highest BCUT2D eigenvalue weighted by Crippen LogP contribution is 2.22. The standard InChI is InChI=1S/C17H23NO/c1-3-4-5-6-7-12-17(19)16(13-18)15-11-9-8-10-14(15)2/h8-11,16H,3-7,12H2,1-2H3. The minimum atomic E-state index is -0.590. The molecule has 2 heteroatoms. The van der Waals surface area contributed by atoms with Crippen LogP contribution in [0.2, 0.25) is 0 Å². The molecule has 1 aromatic rings. The molecular formula is C17H23NO. The lowest BCUT2D eigenvalue weighted by atomic mass is 9.90. The summed E-state index contributed by atoms with van der Waals surface area (Å²) >= 11 is 0. The number of Topliss-reactive ketones (excluding diaryl/α,β-unsaturated/α-hetero) is 1. The van der Waals surface area contributed by atoms with Crippen LogP contribution in [0.3, 0.4) is 0 Å². The largest absolute Gasteiger partial charge is 0.298 e. The smallest absolute Gasteiger partial charge is 0.154 e. The van der Waals surface area contributed by atoms with Gasteiger partial charge in [-0.15, -0.1) is 0 Å². The molecule has 0 spiro atoms. The first-order valence-corrected chi connectivity index (χ1v) is 7.18. The van der Waals surface area contributed by atoms with Gasteiger partial charge < -0.3 is 0 Å². The van der Waals surface area contributed by atoms with E-state index < -0.39 is 5.92 Å². The van der Waals surface area contributed by atoms with Crippen molar-refractivity contribution in [3.63, 3.8) is 0 Å². The fraction of sp³-hybridized carbons (Fsp3) is 0.529. The Bertz CT molecular complexity index is 445. The summed E-state index contributed by atoms with van der Waals surface area (Å²) in [5, 5.41) is 9.24. The first kappa shape index (κ1) is 15.4. The van der Waals surface area contributed by atoms with E-state index in [1.54, 1.807) is 0 Å². The number of benzene rings is 1. The van der Waals surface area contributed by atoms with Crippen molar-refractivity contribution in [1.82, 2.24) is 0 Å². The van der Waals surface area contributed by atoms with E-state index in [9.17, 15) is 10.1 Å². The van der Waals surface area contributed by atoms with E-state index in [0.717, 1.165) is 24.0 Å². The van der Waals surface area contributed by atoms with Gasteiger partial charge in [0.05, 0.1) is 6.07 Å². The maximum atomic E-state index is 12.1. The molecule has 0 aliphatic heterocycles. The molecule has 0 heterocycles. The average Bonchev–Trinajstić information content (AvgIpc) is 2.41. The van der Waals surface area contributed by atoms with Crippen molar-refractivity contribution in [2.75, 3.05) is 0 Å². The minimum Gasteiger partial charge on any atom is -0.298 e. The molecule has 0 fully saturated rings. The quantitative estimate of drug-likeness (QED) is 0.642. The molecule has 102 valence electrons. The van der Waals surface area contributed by atoms with Crippen LogP contribution in [0.5, 0.6) is 0 Å².